The first kappa shape index (κ1) is 19.0. The maximum absolute atomic E-state index is 5.65. The van der Waals surface area contributed by atoms with Crippen LogP contribution in [-0.4, -0.2) is 16.8 Å². The summed E-state index contributed by atoms with van der Waals surface area (Å²) >= 11 is 0. The highest BCUT2D eigenvalue weighted by Crippen LogP contribution is 2.12. The number of hydrogen-bond donors (Lipinski definition) is 0. The van der Waals surface area contributed by atoms with E-state index in [1.807, 2.05) is 36.4 Å². The molecule has 1 aromatic carbocycles. The number of aromatic nitrogens is 2. The maximum Gasteiger partial charge on any atom is 0.136 e. The zero-order valence-corrected chi connectivity index (χ0v) is 15.4. The lowest BCUT2D eigenvalue weighted by Gasteiger charge is -2.04. The molecule has 25 heavy (non-hydrogen) atoms. The Labute approximate surface area is 151 Å². The minimum Gasteiger partial charge on any atom is -0.494 e. The van der Waals surface area contributed by atoms with Crippen LogP contribution in [0.2, 0.25) is 0 Å². The van der Waals surface area contributed by atoms with Gasteiger partial charge < -0.3 is 4.74 Å². The quantitative estimate of drug-likeness (QED) is 0.467. The van der Waals surface area contributed by atoms with Crippen LogP contribution < -0.4 is 4.74 Å². The van der Waals surface area contributed by atoms with Crippen molar-refractivity contribution < 1.29 is 4.74 Å². The lowest BCUT2D eigenvalue weighted by Crippen LogP contribution is -1.96. The van der Waals surface area contributed by atoms with Gasteiger partial charge in [-0.1, -0.05) is 45.5 Å². The summed E-state index contributed by atoms with van der Waals surface area (Å²) in [6.07, 6.45) is 8.21. The van der Waals surface area contributed by atoms with Crippen molar-refractivity contribution in [3.8, 4) is 17.6 Å². The molecule has 0 atom stereocenters. The van der Waals surface area contributed by atoms with E-state index in [-0.39, 0.29) is 0 Å². The zero-order chi connectivity index (χ0) is 17.7. The van der Waals surface area contributed by atoms with Crippen molar-refractivity contribution in [3.63, 3.8) is 0 Å². The zero-order valence-electron chi connectivity index (χ0n) is 15.4. The Kier molecular flexibility index (Phi) is 8.55. The summed E-state index contributed by atoms with van der Waals surface area (Å²) in [6, 6.07) is 11.9. The van der Waals surface area contributed by atoms with Crippen molar-refractivity contribution in [2.75, 3.05) is 6.61 Å². The van der Waals surface area contributed by atoms with Crippen molar-refractivity contribution in [3.05, 3.63) is 53.3 Å². The van der Waals surface area contributed by atoms with Crippen LogP contribution in [0.4, 0.5) is 0 Å². The molecule has 2 aromatic rings. The van der Waals surface area contributed by atoms with Gasteiger partial charge in [0.05, 0.1) is 12.3 Å². The summed E-state index contributed by atoms with van der Waals surface area (Å²) in [7, 11) is 0. The predicted molar refractivity (Wildman–Crippen MR) is 103 cm³/mol. The molecule has 0 spiro atoms. The highest BCUT2D eigenvalue weighted by atomic mass is 16.5. The molecule has 0 aliphatic carbocycles. The Morgan fingerprint density at radius 1 is 0.800 bits per heavy atom. The van der Waals surface area contributed by atoms with Crippen molar-refractivity contribution >= 4 is 0 Å². The molecule has 0 radical (unpaired) electrons. The van der Waals surface area contributed by atoms with Crippen LogP contribution in [-0.2, 0) is 6.42 Å². The molecule has 1 heterocycles. The topological polar surface area (TPSA) is 35.0 Å². The minimum atomic E-state index is 0.709. The molecule has 0 saturated heterocycles. The lowest BCUT2D eigenvalue weighted by atomic mass is 10.1. The Hall–Kier alpha value is -2.34. The molecule has 3 heteroatoms. The number of rotatable bonds is 9. The van der Waals surface area contributed by atoms with Crippen LogP contribution in [0.25, 0.3) is 0 Å². The normalized spacial score (nSPS) is 10.2. The van der Waals surface area contributed by atoms with E-state index in [1.165, 1.54) is 25.7 Å². The van der Waals surface area contributed by atoms with E-state index in [2.05, 4.69) is 35.9 Å². The number of benzene rings is 1. The standard InChI is InChI=1S/C22H28N2O/c1-3-5-7-8-9-20-14-15-21(24-23-20)13-10-19-11-16-22(17-12-19)25-18-6-4-2/h11-12,14-17H,3-9,18H2,1-2H3. The maximum atomic E-state index is 5.65. The average molecular weight is 336 g/mol. The van der Waals surface area contributed by atoms with E-state index >= 15 is 0 Å². The Bertz CT molecular complexity index is 666. The highest BCUT2D eigenvalue weighted by Gasteiger charge is 1.97. The Morgan fingerprint density at radius 2 is 1.60 bits per heavy atom. The fourth-order valence-electron chi connectivity index (χ4n) is 2.40. The third-order valence-corrected chi connectivity index (χ3v) is 3.96. The molecule has 0 N–H and O–H groups in total. The third-order valence-electron chi connectivity index (χ3n) is 3.96. The van der Waals surface area contributed by atoms with Gasteiger partial charge in [0.25, 0.3) is 0 Å². The number of nitrogens with zero attached hydrogens (tertiary/aromatic N) is 2. The third kappa shape index (κ3) is 7.39. The van der Waals surface area contributed by atoms with Crippen LogP contribution in [0.15, 0.2) is 36.4 Å². The molecule has 0 aliphatic rings. The van der Waals surface area contributed by atoms with E-state index in [0.717, 1.165) is 42.9 Å². The minimum absolute atomic E-state index is 0.709. The molecule has 132 valence electrons. The molecule has 1 aromatic heterocycles. The van der Waals surface area contributed by atoms with Gasteiger partial charge >= 0.3 is 0 Å². The van der Waals surface area contributed by atoms with Gasteiger partial charge in [0.2, 0.25) is 0 Å². The predicted octanol–water partition coefficient (Wildman–Crippen LogP) is 5.18. The monoisotopic (exact) mass is 336 g/mol. The lowest BCUT2D eigenvalue weighted by molar-refractivity contribution is 0.309. The van der Waals surface area contributed by atoms with Gasteiger partial charge in [0.1, 0.15) is 11.4 Å². The largest absolute Gasteiger partial charge is 0.494 e. The molecule has 2 rings (SSSR count). The first-order chi connectivity index (χ1) is 12.3. The van der Waals surface area contributed by atoms with Crippen molar-refractivity contribution in [2.24, 2.45) is 0 Å². The van der Waals surface area contributed by atoms with Gasteiger partial charge in [0.15, 0.2) is 0 Å². The summed E-state index contributed by atoms with van der Waals surface area (Å²) in [5, 5.41) is 8.48. The molecule has 0 aliphatic heterocycles. The summed E-state index contributed by atoms with van der Waals surface area (Å²) in [6.45, 7) is 5.14. The molecule has 0 fully saturated rings. The smallest absolute Gasteiger partial charge is 0.136 e. The number of aryl methyl sites for hydroxylation is 1. The van der Waals surface area contributed by atoms with E-state index in [0.29, 0.717) is 5.69 Å². The van der Waals surface area contributed by atoms with E-state index in [9.17, 15) is 0 Å². The number of hydrogen-bond acceptors (Lipinski definition) is 3. The van der Waals surface area contributed by atoms with Gasteiger partial charge in [-0.25, -0.2) is 0 Å². The first-order valence-electron chi connectivity index (χ1n) is 9.39. The SMILES string of the molecule is CCCCCCc1ccc(C#Cc2ccc(OCCCC)cc2)nn1. The van der Waals surface area contributed by atoms with Gasteiger partial charge in [-0.3, -0.25) is 0 Å². The molecule has 0 saturated carbocycles. The van der Waals surface area contributed by atoms with Gasteiger partial charge in [0, 0.05) is 5.56 Å². The van der Waals surface area contributed by atoms with Crippen LogP contribution in [0, 0.1) is 11.8 Å². The molecule has 0 amide bonds. The molecular weight excluding hydrogens is 308 g/mol. The second kappa shape index (κ2) is 11.3. The van der Waals surface area contributed by atoms with E-state index in [1.54, 1.807) is 0 Å². The fraction of sp³-hybridized carbons (Fsp3) is 0.455. The van der Waals surface area contributed by atoms with Crippen molar-refractivity contribution in [2.45, 2.75) is 58.8 Å². The van der Waals surface area contributed by atoms with Gasteiger partial charge in [-0.15, -0.1) is 5.10 Å². The van der Waals surface area contributed by atoms with Crippen LogP contribution >= 0.6 is 0 Å². The second-order valence-corrected chi connectivity index (χ2v) is 6.20. The van der Waals surface area contributed by atoms with E-state index < -0.39 is 0 Å². The summed E-state index contributed by atoms with van der Waals surface area (Å²) in [5.41, 5.74) is 2.71. The first-order valence-corrected chi connectivity index (χ1v) is 9.39. The average Bonchev–Trinajstić information content (AvgIpc) is 2.66. The molecular formula is C22H28N2O. The summed E-state index contributed by atoms with van der Waals surface area (Å²) in [5.74, 6) is 7.09. The Balaban J connectivity index is 1.85. The Morgan fingerprint density at radius 3 is 2.28 bits per heavy atom. The van der Waals surface area contributed by atoms with Crippen LogP contribution in [0.5, 0.6) is 5.75 Å². The van der Waals surface area contributed by atoms with Crippen molar-refractivity contribution in [1.82, 2.24) is 10.2 Å². The summed E-state index contributed by atoms with van der Waals surface area (Å²) in [4.78, 5) is 0. The van der Waals surface area contributed by atoms with E-state index in [4.69, 9.17) is 4.74 Å². The highest BCUT2D eigenvalue weighted by molar-refractivity contribution is 5.42. The van der Waals surface area contributed by atoms with Crippen LogP contribution in [0.1, 0.15) is 69.3 Å². The van der Waals surface area contributed by atoms with Crippen molar-refractivity contribution in [1.29, 1.82) is 0 Å². The molecule has 0 unspecified atom stereocenters. The second-order valence-electron chi connectivity index (χ2n) is 6.20. The molecule has 0 bridgehead atoms. The molecule has 3 nitrogen and oxygen atoms in total. The fourth-order valence-corrected chi connectivity index (χ4v) is 2.40. The number of ether oxygens (including phenoxy) is 1. The number of unbranched alkanes of at least 4 members (excludes halogenated alkanes) is 4. The van der Waals surface area contributed by atoms with Gasteiger partial charge in [-0.2, -0.15) is 5.10 Å². The van der Waals surface area contributed by atoms with Gasteiger partial charge in [-0.05, 0) is 61.6 Å². The summed E-state index contributed by atoms with van der Waals surface area (Å²) < 4.78 is 5.65. The van der Waals surface area contributed by atoms with Crippen LogP contribution in [0.3, 0.4) is 0 Å².